The Morgan fingerprint density at radius 2 is 1.39 bits per heavy atom. The summed E-state index contributed by atoms with van der Waals surface area (Å²) >= 11 is 0. The van der Waals surface area contributed by atoms with Crippen LogP contribution in [0.4, 0.5) is 0 Å². The van der Waals surface area contributed by atoms with Crippen LogP contribution in [0.25, 0.3) is 10.9 Å². The fourth-order valence-corrected chi connectivity index (χ4v) is 3.92. The molecule has 12 N–H and O–H groups in total. The first-order chi connectivity index (χ1) is 19.3. The van der Waals surface area contributed by atoms with E-state index < -0.39 is 78.5 Å². The summed E-state index contributed by atoms with van der Waals surface area (Å²) in [5.41, 5.74) is 17.3. The second-order valence-corrected chi connectivity index (χ2v) is 9.30. The lowest BCUT2D eigenvalue weighted by Crippen LogP contribution is -2.58. The molecule has 2 rings (SSSR count). The molecule has 16 nitrogen and oxygen atoms in total. The lowest BCUT2D eigenvalue weighted by molar-refractivity contribution is -0.143. The van der Waals surface area contributed by atoms with E-state index in [2.05, 4.69) is 20.9 Å². The zero-order valence-electron chi connectivity index (χ0n) is 21.9. The number of carbonyl (C=O) groups is 7. The fourth-order valence-electron chi connectivity index (χ4n) is 3.92. The van der Waals surface area contributed by atoms with Gasteiger partial charge in [-0.05, 0) is 24.5 Å². The molecule has 0 spiro atoms. The Kier molecular flexibility index (Phi) is 11.8. The number of fused-ring (bicyclic) bond motifs is 1. The van der Waals surface area contributed by atoms with E-state index in [-0.39, 0.29) is 25.7 Å². The number of hydrogen-bond donors (Lipinski definition) is 9. The van der Waals surface area contributed by atoms with Crippen LogP contribution in [-0.2, 0) is 40.0 Å². The van der Waals surface area contributed by atoms with Crippen molar-refractivity contribution < 1.29 is 43.8 Å². The number of carboxylic acid groups (broad SMARTS) is 2. The van der Waals surface area contributed by atoms with E-state index in [0.717, 1.165) is 10.9 Å². The summed E-state index contributed by atoms with van der Waals surface area (Å²) in [6.07, 6.45) is -0.493. The van der Waals surface area contributed by atoms with Gasteiger partial charge in [0.25, 0.3) is 0 Å². The topological polar surface area (TPSA) is 290 Å². The van der Waals surface area contributed by atoms with Crippen molar-refractivity contribution in [3.8, 4) is 0 Å². The minimum atomic E-state index is -1.68. The molecule has 1 aromatic carbocycles. The highest BCUT2D eigenvalue weighted by Crippen LogP contribution is 2.19. The van der Waals surface area contributed by atoms with Gasteiger partial charge in [0.05, 0.1) is 12.5 Å². The van der Waals surface area contributed by atoms with Crippen LogP contribution in [0.1, 0.15) is 37.7 Å². The van der Waals surface area contributed by atoms with E-state index in [1.54, 1.807) is 30.5 Å². The quantitative estimate of drug-likeness (QED) is 0.0961. The van der Waals surface area contributed by atoms with Crippen molar-refractivity contribution in [2.45, 2.75) is 62.7 Å². The van der Waals surface area contributed by atoms with Gasteiger partial charge in [-0.1, -0.05) is 18.2 Å². The van der Waals surface area contributed by atoms with Gasteiger partial charge in [0.2, 0.25) is 29.5 Å². The van der Waals surface area contributed by atoms with E-state index in [9.17, 15) is 38.7 Å². The SMILES string of the molecule is NC(=O)CCC(NC(=O)C(N)CCC(=O)O)C(=O)NC(Cc1c[nH]c2ccccc12)C(=O)NC(CC(N)=O)C(=O)O. The van der Waals surface area contributed by atoms with Gasteiger partial charge in [0, 0.05) is 36.4 Å². The van der Waals surface area contributed by atoms with Crippen LogP contribution in [0.2, 0.25) is 0 Å². The van der Waals surface area contributed by atoms with Gasteiger partial charge in [0.1, 0.15) is 18.1 Å². The van der Waals surface area contributed by atoms with Crippen LogP contribution in [0.5, 0.6) is 0 Å². The summed E-state index contributed by atoms with van der Waals surface area (Å²) in [4.78, 5) is 87.2. The van der Waals surface area contributed by atoms with Gasteiger partial charge in [-0.3, -0.25) is 28.8 Å². The molecule has 1 aromatic heterocycles. The smallest absolute Gasteiger partial charge is 0.326 e. The number of carboxylic acids is 2. The summed E-state index contributed by atoms with van der Waals surface area (Å²) in [7, 11) is 0. The number of aliphatic carboxylic acids is 2. The molecule has 5 amide bonds. The maximum absolute atomic E-state index is 13.3. The zero-order valence-corrected chi connectivity index (χ0v) is 21.9. The van der Waals surface area contributed by atoms with Gasteiger partial charge < -0.3 is 48.3 Å². The average molecular weight is 576 g/mol. The lowest BCUT2D eigenvalue weighted by Gasteiger charge is -2.25. The Morgan fingerprint density at radius 1 is 0.780 bits per heavy atom. The first kappa shape index (κ1) is 32.2. The van der Waals surface area contributed by atoms with Crippen LogP contribution < -0.4 is 33.2 Å². The van der Waals surface area contributed by atoms with Crippen molar-refractivity contribution in [2.24, 2.45) is 17.2 Å². The van der Waals surface area contributed by atoms with Crippen molar-refractivity contribution in [2.75, 3.05) is 0 Å². The van der Waals surface area contributed by atoms with Gasteiger partial charge in [-0.15, -0.1) is 0 Å². The number of rotatable bonds is 17. The van der Waals surface area contributed by atoms with Crippen molar-refractivity contribution in [1.82, 2.24) is 20.9 Å². The minimum absolute atomic E-state index is 0.140. The highest BCUT2D eigenvalue weighted by Gasteiger charge is 2.31. The summed E-state index contributed by atoms with van der Waals surface area (Å²) in [6, 6.07) is 1.29. The van der Waals surface area contributed by atoms with Crippen molar-refractivity contribution in [3.63, 3.8) is 0 Å². The van der Waals surface area contributed by atoms with Crippen LogP contribution in [0.15, 0.2) is 30.5 Å². The Labute approximate surface area is 233 Å². The van der Waals surface area contributed by atoms with Crippen molar-refractivity contribution in [1.29, 1.82) is 0 Å². The number of benzene rings is 1. The molecule has 0 aliphatic rings. The Morgan fingerprint density at radius 3 is 2.00 bits per heavy atom. The highest BCUT2D eigenvalue weighted by molar-refractivity contribution is 5.96. The van der Waals surface area contributed by atoms with Crippen LogP contribution in [0.3, 0.4) is 0 Å². The van der Waals surface area contributed by atoms with Crippen LogP contribution in [0, 0.1) is 0 Å². The molecule has 0 saturated carbocycles. The van der Waals surface area contributed by atoms with E-state index in [4.69, 9.17) is 22.3 Å². The highest BCUT2D eigenvalue weighted by atomic mass is 16.4. The lowest BCUT2D eigenvalue weighted by atomic mass is 10.0. The first-order valence-corrected chi connectivity index (χ1v) is 12.5. The number of aromatic nitrogens is 1. The monoisotopic (exact) mass is 575 g/mol. The molecule has 0 fully saturated rings. The zero-order chi connectivity index (χ0) is 30.7. The van der Waals surface area contributed by atoms with Crippen LogP contribution >= 0.6 is 0 Å². The molecule has 0 bridgehead atoms. The number of aromatic amines is 1. The summed E-state index contributed by atoms with van der Waals surface area (Å²) in [5.74, 6) is -7.24. The summed E-state index contributed by atoms with van der Waals surface area (Å²) in [5, 5.41) is 25.9. The maximum Gasteiger partial charge on any atom is 0.326 e. The Balaban J connectivity index is 2.32. The second-order valence-electron chi connectivity index (χ2n) is 9.30. The standard InChI is InChI=1S/C25H33N7O9/c26-14(5-8-21(35)36)22(37)30-16(6-7-19(27)33)23(38)31-17(24(39)32-18(25(40)41)10-20(28)34)9-12-11-29-15-4-2-1-3-13(12)15/h1-4,11,14,16-18,29H,5-10,26H2,(H2,27,33)(H2,28,34)(H,30,37)(H,31,38)(H,32,39)(H,35,36)(H,40,41). The van der Waals surface area contributed by atoms with E-state index >= 15 is 0 Å². The molecular formula is C25H33N7O9. The largest absolute Gasteiger partial charge is 0.481 e. The normalized spacial score (nSPS) is 13.8. The second kappa shape index (κ2) is 15.0. The first-order valence-electron chi connectivity index (χ1n) is 12.5. The molecule has 0 aliphatic carbocycles. The Hall–Kier alpha value is -4.99. The molecule has 0 radical (unpaired) electrons. The third kappa shape index (κ3) is 10.2. The summed E-state index contributed by atoms with van der Waals surface area (Å²) < 4.78 is 0. The average Bonchev–Trinajstić information content (AvgIpc) is 3.30. The third-order valence-corrected chi connectivity index (χ3v) is 6.07. The number of amides is 5. The number of nitrogens with two attached hydrogens (primary N) is 3. The molecular weight excluding hydrogens is 542 g/mol. The molecule has 4 unspecified atom stereocenters. The van der Waals surface area contributed by atoms with Gasteiger partial charge >= 0.3 is 11.9 Å². The Bertz CT molecular complexity index is 1310. The van der Waals surface area contributed by atoms with Crippen molar-refractivity contribution >= 4 is 52.4 Å². The summed E-state index contributed by atoms with van der Waals surface area (Å²) in [6.45, 7) is 0. The van der Waals surface area contributed by atoms with E-state index in [1.807, 2.05) is 0 Å². The number of H-pyrrole nitrogens is 1. The molecule has 4 atom stereocenters. The number of hydrogen-bond acceptors (Lipinski definition) is 8. The number of carbonyl (C=O) groups excluding carboxylic acids is 5. The molecule has 0 aliphatic heterocycles. The molecule has 16 heteroatoms. The number of primary amides is 2. The molecule has 222 valence electrons. The molecule has 41 heavy (non-hydrogen) atoms. The van der Waals surface area contributed by atoms with Gasteiger partial charge in [-0.25, -0.2) is 4.79 Å². The van der Waals surface area contributed by atoms with Gasteiger partial charge in [0.15, 0.2) is 0 Å². The molecule has 1 heterocycles. The maximum atomic E-state index is 13.3. The van der Waals surface area contributed by atoms with E-state index in [0.29, 0.717) is 5.56 Å². The number of para-hydroxylation sites is 1. The fraction of sp³-hybridized carbons (Fsp3) is 0.400. The minimum Gasteiger partial charge on any atom is -0.481 e. The number of nitrogens with one attached hydrogen (secondary N) is 4. The molecule has 0 saturated heterocycles. The van der Waals surface area contributed by atoms with Gasteiger partial charge in [-0.2, -0.15) is 0 Å². The van der Waals surface area contributed by atoms with Crippen LogP contribution in [-0.4, -0.2) is 80.8 Å². The van der Waals surface area contributed by atoms with E-state index in [1.165, 1.54) is 0 Å². The molecule has 2 aromatic rings. The van der Waals surface area contributed by atoms with Crippen molar-refractivity contribution in [3.05, 3.63) is 36.0 Å². The predicted octanol–water partition coefficient (Wildman–Crippen LogP) is -2.42. The predicted molar refractivity (Wildman–Crippen MR) is 143 cm³/mol. The third-order valence-electron chi connectivity index (χ3n) is 6.07.